The summed E-state index contributed by atoms with van der Waals surface area (Å²) in [6.07, 6.45) is 6.83. The number of hydrogen-bond acceptors (Lipinski definition) is 4. The number of nitrogens with one attached hydrogen (secondary N) is 2. The van der Waals surface area contributed by atoms with Crippen molar-refractivity contribution in [3.05, 3.63) is 53.2 Å². The number of halogens is 1. The van der Waals surface area contributed by atoms with E-state index in [-0.39, 0.29) is 17.8 Å². The molecular formula is C20H25FN4O. The van der Waals surface area contributed by atoms with Crippen molar-refractivity contribution in [3.8, 4) is 0 Å². The smallest absolute Gasteiger partial charge is 0.270 e. The molecule has 0 saturated heterocycles. The van der Waals surface area contributed by atoms with Crippen LogP contribution >= 0.6 is 0 Å². The molecule has 1 aromatic heterocycles. The van der Waals surface area contributed by atoms with Crippen LogP contribution in [-0.2, 0) is 6.54 Å². The normalized spacial score (nSPS) is 15.3. The number of nitrogens with zero attached hydrogens (tertiary/aromatic N) is 2. The number of carbonyl (C=O) groups is 1. The second kappa shape index (κ2) is 8.74. The highest BCUT2D eigenvalue weighted by atomic mass is 19.1. The van der Waals surface area contributed by atoms with E-state index >= 15 is 0 Å². The number of anilines is 1. The average molecular weight is 356 g/mol. The zero-order chi connectivity index (χ0) is 18.4. The van der Waals surface area contributed by atoms with Gasteiger partial charge in [-0.3, -0.25) is 4.79 Å². The van der Waals surface area contributed by atoms with Crippen LogP contribution in [0.5, 0.6) is 0 Å². The first kappa shape index (κ1) is 18.3. The summed E-state index contributed by atoms with van der Waals surface area (Å²) >= 11 is 0. The van der Waals surface area contributed by atoms with Crippen molar-refractivity contribution in [2.75, 3.05) is 5.32 Å². The highest BCUT2D eigenvalue weighted by Gasteiger charge is 2.17. The van der Waals surface area contributed by atoms with Crippen LogP contribution in [0.15, 0.2) is 30.3 Å². The predicted molar refractivity (Wildman–Crippen MR) is 99.5 cm³/mol. The summed E-state index contributed by atoms with van der Waals surface area (Å²) in [6.45, 7) is 2.05. The predicted octanol–water partition coefficient (Wildman–Crippen LogP) is 3.99. The van der Waals surface area contributed by atoms with Gasteiger partial charge in [-0.05, 0) is 25.8 Å². The lowest BCUT2D eigenvalue weighted by Crippen LogP contribution is -2.35. The Bertz CT molecular complexity index is 757. The summed E-state index contributed by atoms with van der Waals surface area (Å²) in [6, 6.07) is 8.43. The first-order chi connectivity index (χ1) is 12.6. The molecule has 6 heteroatoms. The van der Waals surface area contributed by atoms with Crippen LogP contribution in [0.4, 0.5) is 10.2 Å². The van der Waals surface area contributed by atoms with E-state index in [1.54, 1.807) is 31.2 Å². The Balaban J connectivity index is 1.66. The van der Waals surface area contributed by atoms with Gasteiger partial charge < -0.3 is 10.6 Å². The van der Waals surface area contributed by atoms with Crippen LogP contribution in [0, 0.1) is 12.7 Å². The summed E-state index contributed by atoms with van der Waals surface area (Å²) in [5, 5.41) is 6.18. The van der Waals surface area contributed by atoms with Gasteiger partial charge in [0.25, 0.3) is 5.91 Å². The quantitative estimate of drug-likeness (QED) is 0.795. The molecular weight excluding hydrogens is 331 g/mol. The summed E-state index contributed by atoms with van der Waals surface area (Å²) in [7, 11) is 0. The molecule has 1 amide bonds. The Morgan fingerprint density at radius 1 is 1.15 bits per heavy atom. The Morgan fingerprint density at radius 2 is 1.88 bits per heavy atom. The lowest BCUT2D eigenvalue weighted by atomic mass is 10.1. The molecule has 0 unspecified atom stereocenters. The van der Waals surface area contributed by atoms with Gasteiger partial charge >= 0.3 is 0 Å². The van der Waals surface area contributed by atoms with Gasteiger partial charge in [0.2, 0.25) is 0 Å². The van der Waals surface area contributed by atoms with E-state index in [0.29, 0.717) is 29.4 Å². The van der Waals surface area contributed by atoms with E-state index in [9.17, 15) is 9.18 Å². The number of hydrogen-bond donors (Lipinski definition) is 2. The van der Waals surface area contributed by atoms with E-state index in [0.717, 1.165) is 25.7 Å². The number of benzene rings is 1. The fraction of sp³-hybridized carbons (Fsp3) is 0.450. The number of aromatic nitrogens is 2. The first-order valence-corrected chi connectivity index (χ1v) is 9.25. The molecule has 0 spiro atoms. The molecule has 0 radical (unpaired) electrons. The highest BCUT2D eigenvalue weighted by molar-refractivity contribution is 5.93. The maximum atomic E-state index is 13.7. The molecule has 0 bridgehead atoms. The second-order valence-electron chi connectivity index (χ2n) is 6.79. The van der Waals surface area contributed by atoms with Crippen molar-refractivity contribution in [2.45, 2.75) is 58.0 Å². The van der Waals surface area contributed by atoms with Gasteiger partial charge in [0.15, 0.2) is 0 Å². The molecule has 1 heterocycles. The molecule has 1 aliphatic rings. The molecule has 138 valence electrons. The molecule has 26 heavy (non-hydrogen) atoms. The summed E-state index contributed by atoms with van der Waals surface area (Å²) < 4.78 is 13.7. The lowest BCUT2D eigenvalue weighted by Gasteiger charge is -2.16. The molecule has 2 aromatic rings. The Morgan fingerprint density at radius 3 is 2.62 bits per heavy atom. The maximum absolute atomic E-state index is 13.7. The van der Waals surface area contributed by atoms with Crippen molar-refractivity contribution in [3.63, 3.8) is 0 Å². The molecule has 0 aliphatic heterocycles. The molecule has 0 atom stereocenters. The van der Waals surface area contributed by atoms with Crippen molar-refractivity contribution in [1.82, 2.24) is 15.3 Å². The van der Waals surface area contributed by atoms with E-state index in [1.165, 1.54) is 18.9 Å². The molecule has 5 nitrogen and oxygen atoms in total. The molecule has 1 aliphatic carbocycles. The molecule has 1 saturated carbocycles. The van der Waals surface area contributed by atoms with Crippen molar-refractivity contribution < 1.29 is 9.18 Å². The fourth-order valence-corrected chi connectivity index (χ4v) is 3.29. The van der Waals surface area contributed by atoms with Crippen LogP contribution in [0.2, 0.25) is 0 Å². The number of amides is 1. The van der Waals surface area contributed by atoms with Gasteiger partial charge in [-0.15, -0.1) is 0 Å². The van der Waals surface area contributed by atoms with Crippen molar-refractivity contribution >= 4 is 11.7 Å². The molecule has 1 fully saturated rings. The van der Waals surface area contributed by atoms with Gasteiger partial charge in [-0.25, -0.2) is 14.4 Å². The minimum atomic E-state index is -0.267. The Kier molecular flexibility index (Phi) is 6.15. The monoisotopic (exact) mass is 356 g/mol. The average Bonchev–Trinajstić information content (AvgIpc) is 2.89. The third kappa shape index (κ3) is 5.00. The second-order valence-corrected chi connectivity index (χ2v) is 6.79. The van der Waals surface area contributed by atoms with Crippen LogP contribution in [0.3, 0.4) is 0 Å². The third-order valence-corrected chi connectivity index (χ3v) is 4.68. The van der Waals surface area contributed by atoms with E-state index < -0.39 is 0 Å². The lowest BCUT2D eigenvalue weighted by molar-refractivity contribution is 0.0928. The number of aryl methyl sites for hydroxylation is 1. The molecule has 1 aromatic carbocycles. The molecule has 2 N–H and O–H groups in total. The van der Waals surface area contributed by atoms with Crippen molar-refractivity contribution in [1.29, 1.82) is 0 Å². The standard InChI is InChI=1S/C20H25FN4O/c1-14-23-18(20(26)25-16-9-4-2-3-5-10-16)12-19(24-14)22-13-15-8-6-7-11-17(15)21/h6-8,11-12,16H,2-5,9-10,13H2,1H3,(H,25,26)(H,22,23,24). The SMILES string of the molecule is Cc1nc(NCc2ccccc2F)cc(C(=O)NC2CCCCCC2)n1. The zero-order valence-electron chi connectivity index (χ0n) is 15.1. The minimum absolute atomic E-state index is 0.170. The van der Waals surface area contributed by atoms with Gasteiger partial charge in [-0.2, -0.15) is 0 Å². The van der Waals surface area contributed by atoms with E-state index in [4.69, 9.17) is 0 Å². The zero-order valence-corrected chi connectivity index (χ0v) is 15.1. The fourth-order valence-electron chi connectivity index (χ4n) is 3.29. The van der Waals surface area contributed by atoms with E-state index in [2.05, 4.69) is 20.6 Å². The highest BCUT2D eigenvalue weighted by Crippen LogP contribution is 2.18. The first-order valence-electron chi connectivity index (χ1n) is 9.25. The van der Waals surface area contributed by atoms with Gasteiger partial charge in [-0.1, -0.05) is 43.9 Å². The van der Waals surface area contributed by atoms with Gasteiger partial charge in [0.1, 0.15) is 23.2 Å². The molecule has 3 rings (SSSR count). The third-order valence-electron chi connectivity index (χ3n) is 4.68. The van der Waals surface area contributed by atoms with E-state index in [1.807, 2.05) is 0 Å². The van der Waals surface area contributed by atoms with Crippen LogP contribution in [-0.4, -0.2) is 21.9 Å². The van der Waals surface area contributed by atoms with Crippen LogP contribution < -0.4 is 10.6 Å². The van der Waals surface area contributed by atoms with Gasteiger partial charge in [0.05, 0.1) is 0 Å². The number of carbonyl (C=O) groups excluding carboxylic acids is 1. The van der Waals surface area contributed by atoms with Crippen LogP contribution in [0.1, 0.15) is 60.4 Å². The Labute approximate surface area is 153 Å². The van der Waals surface area contributed by atoms with Crippen LogP contribution in [0.25, 0.3) is 0 Å². The van der Waals surface area contributed by atoms with Crippen molar-refractivity contribution in [2.24, 2.45) is 0 Å². The number of rotatable bonds is 5. The largest absolute Gasteiger partial charge is 0.366 e. The Hall–Kier alpha value is -2.50. The summed E-state index contributed by atoms with van der Waals surface area (Å²) in [4.78, 5) is 21.1. The minimum Gasteiger partial charge on any atom is -0.366 e. The topological polar surface area (TPSA) is 66.9 Å². The summed E-state index contributed by atoms with van der Waals surface area (Å²) in [5.41, 5.74) is 0.894. The van der Waals surface area contributed by atoms with Gasteiger partial charge in [0, 0.05) is 24.2 Å². The maximum Gasteiger partial charge on any atom is 0.270 e. The summed E-state index contributed by atoms with van der Waals surface area (Å²) in [5.74, 6) is 0.592.